The van der Waals surface area contributed by atoms with Crippen molar-refractivity contribution in [3.8, 4) is 0 Å². The number of aliphatic hydroxyl groups is 1. The molecule has 0 bridgehead atoms. The van der Waals surface area contributed by atoms with Crippen molar-refractivity contribution in [2.75, 3.05) is 0 Å². The molecule has 1 radical (unpaired) electrons. The average molecular weight is 612 g/mol. The number of pyridine rings is 2. The second kappa shape index (κ2) is 16.8. The molecule has 2 aromatic rings. The van der Waals surface area contributed by atoms with E-state index in [1.807, 2.05) is 30.7 Å². The van der Waals surface area contributed by atoms with Crippen molar-refractivity contribution < 1.29 is 47.4 Å². The number of ketones is 2. The van der Waals surface area contributed by atoms with E-state index in [9.17, 15) is 14.7 Å². The number of nitrogens with zero attached hydrogens (tertiary/aromatic N) is 2. The average Bonchev–Trinajstić information content (AvgIpc) is 2.82. The molecule has 6 nitrogen and oxygen atoms in total. The van der Waals surface area contributed by atoms with Crippen LogP contribution in [0.3, 0.4) is 0 Å². The van der Waals surface area contributed by atoms with Crippen molar-refractivity contribution >= 4 is 11.6 Å². The Morgan fingerprint density at radius 3 is 1.72 bits per heavy atom. The van der Waals surface area contributed by atoms with E-state index in [2.05, 4.69) is 37.2 Å². The van der Waals surface area contributed by atoms with Crippen LogP contribution in [-0.4, -0.2) is 38.8 Å². The fraction of sp³-hybridized carbons (Fsp3) is 0.594. The molecule has 2 aliphatic rings. The van der Waals surface area contributed by atoms with E-state index in [1.165, 1.54) is 11.1 Å². The van der Waals surface area contributed by atoms with Crippen LogP contribution in [0.4, 0.5) is 0 Å². The van der Waals surface area contributed by atoms with E-state index in [4.69, 9.17) is 5.73 Å². The van der Waals surface area contributed by atoms with Gasteiger partial charge in [0.25, 0.3) is 0 Å². The zero-order valence-corrected chi connectivity index (χ0v) is 26.5. The molecule has 7 atom stereocenters. The molecule has 2 unspecified atom stereocenters. The smallest absolute Gasteiger partial charge is 0.134 e. The fourth-order valence-corrected chi connectivity index (χ4v) is 6.30. The first-order valence-corrected chi connectivity index (χ1v) is 13.7. The maximum absolute atomic E-state index is 11.4. The molecule has 0 saturated heterocycles. The number of aliphatic hydroxyl groups excluding tert-OH is 1. The number of rotatable bonds is 6. The largest absolute Gasteiger partial charge is 0.393 e. The van der Waals surface area contributed by atoms with Crippen LogP contribution in [0.25, 0.3) is 0 Å². The number of nitrogens with two attached hydrogens (primary N) is 1. The van der Waals surface area contributed by atoms with Crippen LogP contribution in [0.5, 0.6) is 0 Å². The number of carbonyl (C=O) groups is 2. The molecule has 7 heteroatoms. The number of aromatic nitrogens is 2. The Morgan fingerprint density at radius 1 is 0.872 bits per heavy atom. The van der Waals surface area contributed by atoms with Crippen molar-refractivity contribution in [3.63, 3.8) is 0 Å². The Hall–Kier alpha value is -1.34. The summed E-state index contributed by atoms with van der Waals surface area (Å²) in [5.74, 6) is 2.41. The first-order valence-electron chi connectivity index (χ1n) is 13.7. The third-order valence-corrected chi connectivity index (χ3v) is 7.91. The molecule has 2 aromatic heterocycles. The quantitative estimate of drug-likeness (QED) is 0.411. The third kappa shape index (κ3) is 10.5. The van der Waals surface area contributed by atoms with Gasteiger partial charge >= 0.3 is 0 Å². The number of hydrogen-bond acceptors (Lipinski definition) is 6. The van der Waals surface area contributed by atoms with E-state index in [1.54, 1.807) is 20.0 Å². The van der Waals surface area contributed by atoms with Gasteiger partial charge in [0, 0.05) is 70.3 Å². The zero-order valence-electron chi connectivity index (χ0n) is 23.6. The summed E-state index contributed by atoms with van der Waals surface area (Å²) in [7, 11) is 0. The minimum atomic E-state index is -0.200. The Bertz CT molecular complexity index is 1040. The molecule has 2 heterocycles. The van der Waals surface area contributed by atoms with Gasteiger partial charge in [-0.25, -0.2) is 0 Å². The first kappa shape index (κ1) is 35.7. The molecule has 4 rings (SSSR count). The molecule has 2 saturated carbocycles. The Labute approximate surface area is 261 Å². The van der Waals surface area contributed by atoms with E-state index < -0.39 is 0 Å². The van der Waals surface area contributed by atoms with Crippen LogP contribution in [0, 0.1) is 24.2 Å². The van der Waals surface area contributed by atoms with E-state index in [0.29, 0.717) is 42.4 Å². The third-order valence-electron chi connectivity index (χ3n) is 7.91. The standard InChI is InChI=1S/C16H23NO2.C15H21N2O.CH4.Y/c1-10-6-13(7-11(2)16(10)19)15-4-5-17-9-14(15)8-12(3)18;1-10-5-12(8-14(16)6-10)15-3-4-17-9-13(15)7-11(2)18;;/h4-5,9-11,13,16,19H,6-8H2,1-3H3;3-4,6,9-10,12,14H,5,7-8,16H2,1-2H3;1H4;/q;-1;;/t10-,11+,13?,16?;10-,12+,14-;;/m.0../s1. The van der Waals surface area contributed by atoms with E-state index in [0.717, 1.165) is 36.8 Å². The van der Waals surface area contributed by atoms with Gasteiger partial charge in [-0.1, -0.05) is 41.0 Å². The molecular formula is C32H48N3O3Y-. The monoisotopic (exact) mass is 611 g/mol. The molecular weight excluding hydrogens is 563 g/mol. The molecule has 2 aliphatic carbocycles. The minimum absolute atomic E-state index is 0. The summed E-state index contributed by atoms with van der Waals surface area (Å²) in [4.78, 5) is 31.0. The van der Waals surface area contributed by atoms with Crippen LogP contribution >= 0.6 is 0 Å². The van der Waals surface area contributed by atoms with Crippen LogP contribution in [0.2, 0.25) is 0 Å². The maximum Gasteiger partial charge on any atom is 0.134 e. The summed E-state index contributed by atoms with van der Waals surface area (Å²) < 4.78 is 0. The minimum Gasteiger partial charge on any atom is -0.393 e. The predicted octanol–water partition coefficient (Wildman–Crippen LogP) is 5.62. The Morgan fingerprint density at radius 2 is 1.31 bits per heavy atom. The first-order chi connectivity index (χ1) is 17.5. The summed E-state index contributed by atoms with van der Waals surface area (Å²) in [6.07, 6.45) is 14.3. The van der Waals surface area contributed by atoms with Gasteiger partial charge in [0.1, 0.15) is 11.6 Å². The maximum atomic E-state index is 11.4. The van der Waals surface area contributed by atoms with Gasteiger partial charge in [0.15, 0.2) is 0 Å². The summed E-state index contributed by atoms with van der Waals surface area (Å²) in [6.45, 7) is 9.67. The van der Waals surface area contributed by atoms with Crippen molar-refractivity contribution in [1.29, 1.82) is 0 Å². The van der Waals surface area contributed by atoms with Gasteiger partial charge in [0.05, 0.1) is 6.10 Å². The van der Waals surface area contributed by atoms with E-state index in [-0.39, 0.29) is 63.8 Å². The second-order valence-electron chi connectivity index (χ2n) is 11.5. The Kier molecular flexibility index (Phi) is 15.4. The topological polar surface area (TPSA) is 106 Å². The van der Waals surface area contributed by atoms with Crippen LogP contribution < -0.4 is 5.73 Å². The van der Waals surface area contributed by atoms with Crippen LogP contribution in [-0.2, 0) is 55.1 Å². The number of carbonyl (C=O) groups excluding carboxylic acids is 2. The van der Waals surface area contributed by atoms with Crippen molar-refractivity contribution in [3.05, 3.63) is 65.6 Å². The molecule has 213 valence electrons. The summed E-state index contributed by atoms with van der Waals surface area (Å²) in [5, 5.41) is 10.1. The molecule has 0 aliphatic heterocycles. The van der Waals surface area contributed by atoms with Gasteiger partial charge in [-0.3, -0.25) is 19.6 Å². The zero-order chi connectivity index (χ0) is 27.1. The molecule has 2 fully saturated rings. The van der Waals surface area contributed by atoms with Gasteiger partial charge in [-0.2, -0.15) is 5.92 Å². The Balaban J connectivity index is 0.000000371. The summed E-state index contributed by atoms with van der Waals surface area (Å²) in [6, 6.07) is 4.26. The van der Waals surface area contributed by atoms with Crippen molar-refractivity contribution in [2.45, 2.75) is 105 Å². The molecule has 0 spiro atoms. The molecule has 39 heavy (non-hydrogen) atoms. The van der Waals surface area contributed by atoms with Crippen molar-refractivity contribution in [1.82, 2.24) is 9.97 Å². The fourth-order valence-electron chi connectivity index (χ4n) is 6.30. The normalized spacial score (nSPS) is 28.1. The van der Waals surface area contributed by atoms with Gasteiger partial charge in [0.2, 0.25) is 0 Å². The molecule has 0 aromatic carbocycles. The summed E-state index contributed by atoms with van der Waals surface area (Å²) in [5.41, 5.74) is 10.7. The number of Topliss-reactive ketones (excluding diaryl/α,β-unsaturated/α-hetero) is 2. The van der Waals surface area contributed by atoms with Crippen LogP contribution in [0.15, 0.2) is 36.9 Å². The summed E-state index contributed by atoms with van der Waals surface area (Å²) >= 11 is 0. The molecule has 0 amide bonds. The van der Waals surface area contributed by atoms with Gasteiger partial charge < -0.3 is 17.3 Å². The van der Waals surface area contributed by atoms with E-state index >= 15 is 0 Å². The second-order valence-corrected chi connectivity index (χ2v) is 11.5. The van der Waals surface area contributed by atoms with Crippen molar-refractivity contribution in [2.24, 2.45) is 23.5 Å². The molecule has 3 N–H and O–H groups in total. The van der Waals surface area contributed by atoms with Crippen LogP contribution in [0.1, 0.15) is 102 Å². The number of hydrogen-bond donors (Lipinski definition) is 2. The predicted molar refractivity (Wildman–Crippen MR) is 154 cm³/mol. The SMILES string of the molecule is C.CC(=O)Cc1cnccc1C1C[C@@H](C)C(O)[C@@H](C)C1.CC(=O)Cc1cnccc1[C@@H]1C[C@H](C)[CH-][C@H](N)C1.[Y]. The van der Waals surface area contributed by atoms with Gasteiger partial charge in [-0.05, 0) is 84.7 Å². The van der Waals surface area contributed by atoms with Gasteiger partial charge in [-0.15, -0.1) is 6.04 Å².